The van der Waals surface area contributed by atoms with Crippen molar-refractivity contribution in [3.63, 3.8) is 0 Å². The summed E-state index contributed by atoms with van der Waals surface area (Å²) in [5, 5.41) is 17.1. The number of carboxylic acid groups (broad SMARTS) is 1. The van der Waals surface area contributed by atoms with Crippen molar-refractivity contribution in [2.75, 3.05) is 13.1 Å². The minimum atomic E-state index is -0.765. The van der Waals surface area contributed by atoms with E-state index in [4.69, 9.17) is 0 Å². The monoisotopic (exact) mass is 368 g/mol. The van der Waals surface area contributed by atoms with E-state index in [0.717, 1.165) is 29.7 Å². The first-order chi connectivity index (χ1) is 13.0. The standard InChI is InChI=1S/C20H24N4O3/c1-23-11-15(17(22-23)14-6-3-2-4-7-14)10-21-19(27)24-12-16-8-5-9-20(16,13-24)18(25)26/h2-4,6-7,11,16H,5,8-10,12-13H2,1H3,(H,21,27)(H,25,26)/t16-,20+/m0/s1. The van der Waals surface area contributed by atoms with Crippen molar-refractivity contribution in [2.45, 2.75) is 25.8 Å². The predicted molar refractivity (Wildman–Crippen MR) is 99.9 cm³/mol. The number of carboxylic acids is 1. The van der Waals surface area contributed by atoms with Gasteiger partial charge >= 0.3 is 12.0 Å². The lowest BCUT2D eigenvalue weighted by molar-refractivity contribution is -0.149. The Labute approximate surface area is 158 Å². The van der Waals surface area contributed by atoms with Gasteiger partial charge in [0.2, 0.25) is 0 Å². The van der Waals surface area contributed by atoms with Gasteiger partial charge in [0.1, 0.15) is 0 Å². The summed E-state index contributed by atoms with van der Waals surface area (Å²) in [7, 11) is 1.86. The molecule has 142 valence electrons. The normalized spacial score (nSPS) is 24.0. The Morgan fingerprint density at radius 3 is 2.81 bits per heavy atom. The summed E-state index contributed by atoms with van der Waals surface area (Å²) in [6.45, 7) is 1.19. The van der Waals surface area contributed by atoms with Gasteiger partial charge in [0.15, 0.2) is 0 Å². The highest BCUT2D eigenvalue weighted by Crippen LogP contribution is 2.48. The molecule has 27 heavy (non-hydrogen) atoms. The molecule has 1 aliphatic heterocycles. The molecule has 4 rings (SSSR count). The second-order valence-corrected chi connectivity index (χ2v) is 7.63. The van der Waals surface area contributed by atoms with Crippen molar-refractivity contribution in [1.29, 1.82) is 0 Å². The van der Waals surface area contributed by atoms with Gasteiger partial charge in [0.05, 0.1) is 11.1 Å². The first kappa shape index (κ1) is 17.6. The van der Waals surface area contributed by atoms with Crippen molar-refractivity contribution in [2.24, 2.45) is 18.4 Å². The van der Waals surface area contributed by atoms with Crippen LogP contribution >= 0.6 is 0 Å². The van der Waals surface area contributed by atoms with Crippen LogP contribution in [0.25, 0.3) is 11.3 Å². The number of amides is 2. The van der Waals surface area contributed by atoms with Crippen LogP contribution in [0.4, 0.5) is 4.79 Å². The lowest BCUT2D eigenvalue weighted by atomic mass is 9.81. The van der Waals surface area contributed by atoms with Crippen molar-refractivity contribution in [3.05, 3.63) is 42.1 Å². The summed E-state index contributed by atoms with van der Waals surface area (Å²) in [5.41, 5.74) is 2.03. The second-order valence-electron chi connectivity index (χ2n) is 7.63. The molecule has 0 unspecified atom stereocenters. The molecule has 0 bridgehead atoms. The van der Waals surface area contributed by atoms with E-state index in [-0.39, 0.29) is 11.9 Å². The summed E-state index contributed by atoms with van der Waals surface area (Å²) in [4.78, 5) is 26.1. The molecule has 1 aromatic heterocycles. The third-order valence-corrected chi connectivity index (χ3v) is 5.97. The molecule has 2 atom stereocenters. The van der Waals surface area contributed by atoms with Crippen molar-refractivity contribution in [3.8, 4) is 11.3 Å². The lowest BCUT2D eigenvalue weighted by Gasteiger charge is -2.23. The van der Waals surface area contributed by atoms with Crippen LogP contribution in [0.15, 0.2) is 36.5 Å². The average molecular weight is 368 g/mol. The third kappa shape index (κ3) is 3.07. The minimum absolute atomic E-state index is 0.0685. The number of nitrogens with one attached hydrogen (secondary N) is 1. The van der Waals surface area contributed by atoms with E-state index in [1.165, 1.54) is 0 Å². The van der Waals surface area contributed by atoms with Crippen LogP contribution in [0.1, 0.15) is 24.8 Å². The molecular weight excluding hydrogens is 344 g/mol. The molecule has 2 amide bonds. The molecule has 1 saturated heterocycles. The van der Waals surface area contributed by atoms with Crippen LogP contribution in [0.3, 0.4) is 0 Å². The fourth-order valence-electron chi connectivity index (χ4n) is 4.58. The first-order valence-corrected chi connectivity index (χ1v) is 9.34. The van der Waals surface area contributed by atoms with Crippen molar-refractivity contribution < 1.29 is 14.7 Å². The molecule has 2 heterocycles. The predicted octanol–water partition coefficient (Wildman–Crippen LogP) is 2.48. The SMILES string of the molecule is Cn1cc(CNC(=O)N2C[C@@H]3CCC[C@@]3(C(=O)O)C2)c(-c2ccccc2)n1. The molecule has 1 aliphatic carbocycles. The first-order valence-electron chi connectivity index (χ1n) is 9.34. The van der Waals surface area contributed by atoms with Crippen LogP contribution in [0.5, 0.6) is 0 Å². The van der Waals surface area contributed by atoms with Crippen LogP contribution in [0, 0.1) is 11.3 Å². The molecule has 2 aromatic rings. The van der Waals surface area contributed by atoms with E-state index in [2.05, 4.69) is 10.4 Å². The highest BCUT2D eigenvalue weighted by atomic mass is 16.4. The fraction of sp³-hybridized carbons (Fsp3) is 0.450. The number of nitrogens with zero attached hydrogens (tertiary/aromatic N) is 3. The minimum Gasteiger partial charge on any atom is -0.481 e. The zero-order chi connectivity index (χ0) is 19.0. The number of fused-ring (bicyclic) bond motifs is 1. The van der Waals surface area contributed by atoms with E-state index in [1.807, 2.05) is 43.6 Å². The number of urea groups is 1. The summed E-state index contributed by atoms with van der Waals surface area (Å²) in [5.74, 6) is -0.696. The zero-order valence-corrected chi connectivity index (χ0v) is 15.4. The number of carbonyl (C=O) groups excluding carboxylic acids is 1. The Morgan fingerprint density at radius 2 is 2.11 bits per heavy atom. The van der Waals surface area contributed by atoms with Crippen LogP contribution < -0.4 is 5.32 Å². The van der Waals surface area contributed by atoms with Crippen LogP contribution in [-0.4, -0.2) is 44.9 Å². The highest BCUT2D eigenvalue weighted by Gasteiger charge is 2.55. The number of aromatic nitrogens is 2. The summed E-state index contributed by atoms with van der Waals surface area (Å²) >= 11 is 0. The van der Waals surface area contributed by atoms with Gasteiger partial charge in [0, 0.05) is 44.0 Å². The largest absolute Gasteiger partial charge is 0.481 e. The number of rotatable bonds is 4. The molecule has 7 heteroatoms. The Kier molecular flexibility index (Phi) is 4.37. The molecule has 2 fully saturated rings. The van der Waals surface area contributed by atoms with E-state index < -0.39 is 11.4 Å². The summed E-state index contributed by atoms with van der Waals surface area (Å²) in [6.07, 6.45) is 4.39. The Balaban J connectivity index is 1.45. The van der Waals surface area contributed by atoms with Gasteiger partial charge in [-0.25, -0.2) is 4.79 Å². The quantitative estimate of drug-likeness (QED) is 0.868. The topological polar surface area (TPSA) is 87.5 Å². The Bertz CT molecular complexity index is 863. The second kappa shape index (κ2) is 6.72. The number of benzene rings is 1. The number of likely N-dealkylation sites (tertiary alicyclic amines) is 1. The molecule has 0 spiro atoms. The molecule has 2 N–H and O–H groups in total. The van der Waals surface area contributed by atoms with Crippen LogP contribution in [-0.2, 0) is 18.4 Å². The van der Waals surface area contributed by atoms with E-state index in [9.17, 15) is 14.7 Å². The Morgan fingerprint density at radius 1 is 1.33 bits per heavy atom. The average Bonchev–Trinajstić information content (AvgIpc) is 3.32. The van der Waals surface area contributed by atoms with E-state index in [1.54, 1.807) is 9.58 Å². The van der Waals surface area contributed by atoms with Crippen molar-refractivity contribution in [1.82, 2.24) is 20.0 Å². The van der Waals surface area contributed by atoms with E-state index >= 15 is 0 Å². The number of hydrogen-bond donors (Lipinski definition) is 2. The maximum absolute atomic E-state index is 12.7. The van der Waals surface area contributed by atoms with Gasteiger partial charge < -0.3 is 15.3 Å². The zero-order valence-electron chi connectivity index (χ0n) is 15.4. The van der Waals surface area contributed by atoms with Gasteiger partial charge in [0.25, 0.3) is 0 Å². The van der Waals surface area contributed by atoms with Gasteiger partial charge in [-0.3, -0.25) is 9.48 Å². The Hall–Kier alpha value is -2.83. The molecule has 0 radical (unpaired) electrons. The fourth-order valence-corrected chi connectivity index (χ4v) is 4.58. The highest BCUT2D eigenvalue weighted by molar-refractivity contribution is 5.80. The molecule has 1 saturated carbocycles. The van der Waals surface area contributed by atoms with Gasteiger partial charge in [-0.1, -0.05) is 36.8 Å². The maximum Gasteiger partial charge on any atom is 0.317 e. The molecule has 7 nitrogen and oxygen atoms in total. The summed E-state index contributed by atoms with van der Waals surface area (Å²) in [6, 6.07) is 9.66. The van der Waals surface area contributed by atoms with E-state index in [0.29, 0.717) is 26.1 Å². The lowest BCUT2D eigenvalue weighted by Crippen LogP contribution is -2.41. The number of aryl methyl sites for hydroxylation is 1. The molecular formula is C20H24N4O3. The number of hydrogen-bond acceptors (Lipinski definition) is 3. The number of carbonyl (C=O) groups is 2. The molecule has 1 aromatic carbocycles. The van der Waals surface area contributed by atoms with Gasteiger partial charge in [-0.2, -0.15) is 5.10 Å². The smallest absolute Gasteiger partial charge is 0.317 e. The maximum atomic E-state index is 12.7. The number of aliphatic carboxylic acids is 1. The van der Waals surface area contributed by atoms with Crippen LogP contribution in [0.2, 0.25) is 0 Å². The summed E-state index contributed by atoms with van der Waals surface area (Å²) < 4.78 is 1.74. The van der Waals surface area contributed by atoms with Gasteiger partial charge in [-0.05, 0) is 18.8 Å². The third-order valence-electron chi connectivity index (χ3n) is 5.97. The van der Waals surface area contributed by atoms with Crippen molar-refractivity contribution >= 4 is 12.0 Å². The molecule has 2 aliphatic rings. The van der Waals surface area contributed by atoms with Gasteiger partial charge in [-0.15, -0.1) is 0 Å².